The van der Waals surface area contributed by atoms with E-state index in [0.29, 0.717) is 0 Å². The molecule has 182 valence electrons. The van der Waals surface area contributed by atoms with Gasteiger partial charge in [-0.1, -0.05) is 48.5 Å². The van der Waals surface area contributed by atoms with Crippen molar-refractivity contribution >= 4 is 65.8 Å². The van der Waals surface area contributed by atoms with Crippen molar-refractivity contribution in [3.8, 4) is 16.8 Å². The molecule has 4 heterocycles. The third-order valence-electron chi connectivity index (χ3n) is 7.85. The monoisotopic (exact) mass is 500 g/mol. The Balaban J connectivity index is 1.26. The Morgan fingerprint density at radius 1 is 0.462 bits per heavy atom. The molecule has 39 heavy (non-hydrogen) atoms. The lowest BCUT2D eigenvalue weighted by Gasteiger charge is -2.08. The SMILES string of the molecule is c1cnc2c(c1)oc1ccc(-c3ccc4oc5ccc(-n6c7ccccc7c7ccccc76)cc5c4c3)cc12. The van der Waals surface area contributed by atoms with Gasteiger partial charge in [0.05, 0.1) is 11.0 Å². The fourth-order valence-corrected chi connectivity index (χ4v) is 6.06. The first-order valence-electron chi connectivity index (χ1n) is 13.0. The van der Waals surface area contributed by atoms with Gasteiger partial charge in [-0.2, -0.15) is 0 Å². The van der Waals surface area contributed by atoms with E-state index in [1.807, 2.05) is 24.4 Å². The maximum Gasteiger partial charge on any atom is 0.153 e. The van der Waals surface area contributed by atoms with Crippen LogP contribution in [0, 0.1) is 0 Å². The van der Waals surface area contributed by atoms with Gasteiger partial charge < -0.3 is 13.4 Å². The average molecular weight is 501 g/mol. The second-order valence-electron chi connectivity index (χ2n) is 10.0. The van der Waals surface area contributed by atoms with E-state index in [-0.39, 0.29) is 0 Å². The quantitative estimate of drug-likeness (QED) is 0.237. The zero-order valence-corrected chi connectivity index (χ0v) is 20.8. The van der Waals surface area contributed by atoms with Crippen LogP contribution in [0.4, 0.5) is 0 Å². The molecule has 9 aromatic rings. The van der Waals surface area contributed by atoms with E-state index in [1.165, 1.54) is 21.8 Å². The molecule has 0 aliphatic carbocycles. The van der Waals surface area contributed by atoms with Gasteiger partial charge in [0.15, 0.2) is 5.58 Å². The summed E-state index contributed by atoms with van der Waals surface area (Å²) >= 11 is 0. The summed E-state index contributed by atoms with van der Waals surface area (Å²) in [5, 5.41) is 5.73. The fraction of sp³-hybridized carbons (Fsp3) is 0. The van der Waals surface area contributed by atoms with Gasteiger partial charge in [-0.25, -0.2) is 0 Å². The molecule has 0 bridgehead atoms. The van der Waals surface area contributed by atoms with E-state index < -0.39 is 0 Å². The normalized spacial score (nSPS) is 12.1. The van der Waals surface area contributed by atoms with Crippen molar-refractivity contribution in [3.63, 3.8) is 0 Å². The maximum absolute atomic E-state index is 6.27. The van der Waals surface area contributed by atoms with Crippen molar-refractivity contribution in [3.05, 3.63) is 121 Å². The van der Waals surface area contributed by atoms with E-state index in [9.17, 15) is 0 Å². The number of hydrogen-bond donors (Lipinski definition) is 0. The highest BCUT2D eigenvalue weighted by Gasteiger charge is 2.15. The molecule has 4 heteroatoms. The Morgan fingerprint density at radius 3 is 1.79 bits per heavy atom. The molecule has 0 spiro atoms. The topological polar surface area (TPSA) is 44.1 Å². The standard InChI is InChI=1S/C35H20N2O2/c1-3-8-29-24(6-1)25-7-2-4-9-30(25)37(29)23-13-16-32-27(20-23)26-18-21(11-14-31(26)38-32)22-12-15-33-28(19-22)35-34(39-33)10-5-17-36-35/h1-20H. The summed E-state index contributed by atoms with van der Waals surface area (Å²) in [5.41, 5.74) is 10.0. The molecule has 0 N–H and O–H groups in total. The Bertz CT molecular complexity index is 2350. The molecule has 0 atom stereocenters. The molecule has 9 rings (SSSR count). The van der Waals surface area contributed by atoms with Crippen molar-refractivity contribution in [1.29, 1.82) is 0 Å². The van der Waals surface area contributed by atoms with Gasteiger partial charge in [-0.15, -0.1) is 0 Å². The smallest absolute Gasteiger partial charge is 0.153 e. The van der Waals surface area contributed by atoms with Crippen molar-refractivity contribution in [2.45, 2.75) is 0 Å². The van der Waals surface area contributed by atoms with Gasteiger partial charge in [0.2, 0.25) is 0 Å². The highest BCUT2D eigenvalue weighted by atomic mass is 16.3. The predicted octanol–water partition coefficient (Wildman–Crippen LogP) is 9.64. The van der Waals surface area contributed by atoms with Crippen molar-refractivity contribution in [2.24, 2.45) is 0 Å². The van der Waals surface area contributed by atoms with E-state index in [0.717, 1.165) is 60.8 Å². The van der Waals surface area contributed by atoms with Crippen LogP contribution in [0.2, 0.25) is 0 Å². The van der Waals surface area contributed by atoms with Gasteiger partial charge >= 0.3 is 0 Å². The summed E-state index contributed by atoms with van der Waals surface area (Å²) in [7, 11) is 0. The molecule has 0 unspecified atom stereocenters. The van der Waals surface area contributed by atoms with Crippen LogP contribution in [0.15, 0.2) is 130 Å². The molecule has 5 aromatic carbocycles. The van der Waals surface area contributed by atoms with Crippen LogP contribution in [0.3, 0.4) is 0 Å². The van der Waals surface area contributed by atoms with Crippen LogP contribution in [-0.4, -0.2) is 9.55 Å². The lowest BCUT2D eigenvalue weighted by atomic mass is 10.0. The molecule has 4 aromatic heterocycles. The minimum absolute atomic E-state index is 0.804. The molecule has 0 aliphatic heterocycles. The van der Waals surface area contributed by atoms with E-state index >= 15 is 0 Å². The summed E-state index contributed by atoms with van der Waals surface area (Å²) in [6, 6.07) is 40.3. The first-order chi connectivity index (χ1) is 19.3. The van der Waals surface area contributed by atoms with E-state index in [2.05, 4.69) is 107 Å². The number of pyridine rings is 1. The predicted molar refractivity (Wildman–Crippen MR) is 159 cm³/mol. The lowest BCUT2D eigenvalue weighted by Crippen LogP contribution is -1.93. The van der Waals surface area contributed by atoms with Gasteiger partial charge in [0, 0.05) is 38.8 Å². The maximum atomic E-state index is 6.27. The summed E-state index contributed by atoms with van der Waals surface area (Å²) < 4.78 is 14.6. The number of aromatic nitrogens is 2. The number of hydrogen-bond acceptors (Lipinski definition) is 3. The molecular weight excluding hydrogens is 480 g/mol. The summed E-state index contributed by atoms with van der Waals surface area (Å²) in [4.78, 5) is 4.55. The highest BCUT2D eigenvalue weighted by molar-refractivity contribution is 6.11. The minimum Gasteiger partial charge on any atom is -0.456 e. The number of rotatable bonds is 2. The number of furan rings is 2. The van der Waals surface area contributed by atoms with Crippen molar-refractivity contribution < 1.29 is 8.83 Å². The van der Waals surface area contributed by atoms with Gasteiger partial charge in [-0.05, 0) is 77.9 Å². The number of fused-ring (bicyclic) bond motifs is 9. The molecule has 0 saturated heterocycles. The highest BCUT2D eigenvalue weighted by Crippen LogP contribution is 2.38. The van der Waals surface area contributed by atoms with Crippen LogP contribution in [0.25, 0.3) is 82.6 Å². The summed E-state index contributed by atoms with van der Waals surface area (Å²) in [5.74, 6) is 0. The van der Waals surface area contributed by atoms with E-state index in [1.54, 1.807) is 0 Å². The number of para-hydroxylation sites is 2. The van der Waals surface area contributed by atoms with Crippen LogP contribution in [0.5, 0.6) is 0 Å². The Hall–Kier alpha value is -5.35. The molecule has 0 fully saturated rings. The van der Waals surface area contributed by atoms with Crippen LogP contribution in [0.1, 0.15) is 0 Å². The first kappa shape index (κ1) is 20.7. The third-order valence-corrected chi connectivity index (χ3v) is 7.85. The van der Waals surface area contributed by atoms with Crippen LogP contribution >= 0.6 is 0 Å². The molecule has 0 amide bonds. The second kappa shape index (κ2) is 7.59. The van der Waals surface area contributed by atoms with Crippen LogP contribution in [-0.2, 0) is 0 Å². The van der Waals surface area contributed by atoms with Crippen LogP contribution < -0.4 is 0 Å². The fourth-order valence-electron chi connectivity index (χ4n) is 6.06. The van der Waals surface area contributed by atoms with Crippen molar-refractivity contribution in [1.82, 2.24) is 9.55 Å². The Labute approximate surface area is 222 Å². The zero-order valence-electron chi connectivity index (χ0n) is 20.8. The second-order valence-corrected chi connectivity index (χ2v) is 10.0. The Kier molecular flexibility index (Phi) is 4.02. The average Bonchev–Trinajstić information content (AvgIpc) is 3.65. The van der Waals surface area contributed by atoms with Gasteiger partial charge in [0.1, 0.15) is 22.3 Å². The zero-order chi connectivity index (χ0) is 25.5. The van der Waals surface area contributed by atoms with Crippen molar-refractivity contribution in [2.75, 3.05) is 0 Å². The molecule has 0 radical (unpaired) electrons. The Morgan fingerprint density at radius 2 is 1.05 bits per heavy atom. The summed E-state index contributed by atoms with van der Waals surface area (Å²) in [6.07, 6.45) is 1.81. The number of benzene rings is 5. The molecule has 4 nitrogen and oxygen atoms in total. The molecule has 0 aliphatic rings. The number of nitrogens with zero attached hydrogens (tertiary/aromatic N) is 2. The first-order valence-corrected chi connectivity index (χ1v) is 13.0. The largest absolute Gasteiger partial charge is 0.456 e. The third kappa shape index (κ3) is 2.91. The lowest BCUT2D eigenvalue weighted by molar-refractivity contribution is 0.668. The van der Waals surface area contributed by atoms with Gasteiger partial charge in [0.25, 0.3) is 0 Å². The molecular formula is C35H20N2O2. The van der Waals surface area contributed by atoms with E-state index in [4.69, 9.17) is 8.83 Å². The molecule has 0 saturated carbocycles. The minimum atomic E-state index is 0.804. The summed E-state index contributed by atoms with van der Waals surface area (Å²) in [6.45, 7) is 0. The van der Waals surface area contributed by atoms with Gasteiger partial charge in [-0.3, -0.25) is 4.98 Å².